The lowest BCUT2D eigenvalue weighted by Gasteiger charge is -2.18. The Bertz CT molecular complexity index is 661. The molecule has 0 aliphatic rings. The Balaban J connectivity index is 2.43. The minimum atomic E-state index is -0.480. The summed E-state index contributed by atoms with van der Waals surface area (Å²) in [5.41, 5.74) is 8.51. The van der Waals surface area contributed by atoms with Crippen LogP contribution >= 0.6 is 23.2 Å². The Labute approximate surface area is 133 Å². The van der Waals surface area contributed by atoms with Crippen molar-refractivity contribution in [2.45, 2.75) is 19.9 Å². The summed E-state index contributed by atoms with van der Waals surface area (Å²) in [6, 6.07) is 7.36. The summed E-state index contributed by atoms with van der Waals surface area (Å²) in [5, 5.41) is 0.922. The average Bonchev–Trinajstić information content (AvgIpc) is 2.42. The van der Waals surface area contributed by atoms with Crippen molar-refractivity contribution in [3.63, 3.8) is 0 Å². The van der Waals surface area contributed by atoms with Gasteiger partial charge in [-0.15, -0.1) is 0 Å². The summed E-state index contributed by atoms with van der Waals surface area (Å²) >= 11 is 12.5. The van der Waals surface area contributed by atoms with Crippen molar-refractivity contribution >= 4 is 23.2 Å². The summed E-state index contributed by atoms with van der Waals surface area (Å²) in [7, 11) is 0. The van der Waals surface area contributed by atoms with Crippen molar-refractivity contribution in [2.75, 3.05) is 6.61 Å². The van der Waals surface area contributed by atoms with Crippen LogP contribution in [0.1, 0.15) is 29.7 Å². The van der Waals surface area contributed by atoms with Crippen molar-refractivity contribution in [3.05, 3.63) is 62.9 Å². The molecule has 0 aromatic heterocycles. The van der Waals surface area contributed by atoms with E-state index in [0.29, 0.717) is 28.0 Å². The molecule has 0 heterocycles. The van der Waals surface area contributed by atoms with E-state index in [-0.39, 0.29) is 5.82 Å². The molecule has 0 aliphatic carbocycles. The minimum Gasteiger partial charge on any atom is -0.492 e. The van der Waals surface area contributed by atoms with E-state index in [4.69, 9.17) is 33.7 Å². The minimum absolute atomic E-state index is 0.292. The maximum atomic E-state index is 13.2. The van der Waals surface area contributed by atoms with Crippen molar-refractivity contribution in [1.82, 2.24) is 0 Å². The molecule has 0 saturated heterocycles. The molecule has 5 heteroatoms. The quantitative estimate of drug-likeness (QED) is 0.867. The van der Waals surface area contributed by atoms with Crippen LogP contribution < -0.4 is 10.5 Å². The van der Waals surface area contributed by atoms with Crippen molar-refractivity contribution < 1.29 is 9.13 Å². The Morgan fingerprint density at radius 2 is 1.86 bits per heavy atom. The SMILES string of the molecule is CCOc1cc(Cl)c(C(N)c2ccc(F)cc2C)cc1Cl. The van der Waals surface area contributed by atoms with E-state index in [1.54, 1.807) is 18.2 Å². The predicted molar refractivity (Wildman–Crippen MR) is 84.8 cm³/mol. The number of aryl methyl sites for hydroxylation is 1. The van der Waals surface area contributed by atoms with Gasteiger partial charge in [0.15, 0.2) is 0 Å². The third-order valence-corrected chi connectivity index (χ3v) is 3.88. The fourth-order valence-electron chi connectivity index (χ4n) is 2.20. The first-order chi connectivity index (χ1) is 9.93. The lowest BCUT2D eigenvalue weighted by Crippen LogP contribution is -2.14. The molecule has 0 fully saturated rings. The molecule has 2 nitrogen and oxygen atoms in total. The molecule has 0 radical (unpaired) electrons. The van der Waals surface area contributed by atoms with Crippen LogP contribution in [0.5, 0.6) is 5.75 Å². The van der Waals surface area contributed by atoms with Crippen LogP contribution in [0, 0.1) is 12.7 Å². The van der Waals surface area contributed by atoms with Gasteiger partial charge in [0, 0.05) is 11.1 Å². The molecule has 1 atom stereocenters. The van der Waals surface area contributed by atoms with Gasteiger partial charge in [0.25, 0.3) is 0 Å². The average molecular weight is 328 g/mol. The van der Waals surface area contributed by atoms with Gasteiger partial charge in [-0.2, -0.15) is 0 Å². The zero-order valence-electron chi connectivity index (χ0n) is 11.8. The van der Waals surface area contributed by atoms with E-state index >= 15 is 0 Å². The first-order valence-corrected chi connectivity index (χ1v) is 7.33. The molecule has 0 spiro atoms. The van der Waals surface area contributed by atoms with Gasteiger partial charge >= 0.3 is 0 Å². The number of halogens is 3. The van der Waals surface area contributed by atoms with Crippen molar-refractivity contribution in [3.8, 4) is 5.75 Å². The summed E-state index contributed by atoms with van der Waals surface area (Å²) in [4.78, 5) is 0. The van der Waals surface area contributed by atoms with E-state index < -0.39 is 6.04 Å². The molecule has 0 saturated carbocycles. The lowest BCUT2D eigenvalue weighted by atomic mass is 9.95. The summed E-state index contributed by atoms with van der Waals surface area (Å²) < 4.78 is 18.6. The van der Waals surface area contributed by atoms with Gasteiger partial charge in [-0.25, -0.2) is 4.39 Å². The van der Waals surface area contributed by atoms with Gasteiger partial charge in [-0.1, -0.05) is 29.3 Å². The molecule has 2 aromatic rings. The van der Waals surface area contributed by atoms with Crippen molar-refractivity contribution in [1.29, 1.82) is 0 Å². The van der Waals surface area contributed by atoms with E-state index in [9.17, 15) is 4.39 Å². The monoisotopic (exact) mass is 327 g/mol. The van der Waals surface area contributed by atoms with Gasteiger partial charge in [0.05, 0.1) is 17.7 Å². The third kappa shape index (κ3) is 3.49. The van der Waals surface area contributed by atoms with Gasteiger partial charge < -0.3 is 10.5 Å². The Morgan fingerprint density at radius 3 is 2.48 bits per heavy atom. The molecular weight excluding hydrogens is 312 g/mol. The Kier molecular flexibility index (Phi) is 5.09. The first-order valence-electron chi connectivity index (χ1n) is 6.57. The number of rotatable bonds is 4. The topological polar surface area (TPSA) is 35.2 Å². The smallest absolute Gasteiger partial charge is 0.139 e. The number of ether oxygens (including phenoxy) is 1. The number of benzene rings is 2. The number of hydrogen-bond donors (Lipinski definition) is 1. The van der Waals surface area contributed by atoms with Gasteiger partial charge in [0.2, 0.25) is 0 Å². The highest BCUT2D eigenvalue weighted by molar-refractivity contribution is 6.34. The van der Waals surface area contributed by atoms with Crippen LogP contribution in [-0.2, 0) is 0 Å². The molecule has 0 aliphatic heterocycles. The zero-order chi connectivity index (χ0) is 15.6. The highest BCUT2D eigenvalue weighted by Crippen LogP contribution is 2.36. The summed E-state index contributed by atoms with van der Waals surface area (Å²) in [6.07, 6.45) is 0. The van der Waals surface area contributed by atoms with E-state index in [0.717, 1.165) is 11.1 Å². The van der Waals surface area contributed by atoms with Gasteiger partial charge in [0.1, 0.15) is 11.6 Å². The molecule has 21 heavy (non-hydrogen) atoms. The third-order valence-electron chi connectivity index (χ3n) is 3.25. The molecule has 2 rings (SSSR count). The zero-order valence-corrected chi connectivity index (χ0v) is 13.3. The Morgan fingerprint density at radius 1 is 1.14 bits per heavy atom. The Hall–Kier alpha value is -1.29. The predicted octanol–water partition coefficient (Wildman–Crippen LogP) is 4.89. The lowest BCUT2D eigenvalue weighted by molar-refractivity contribution is 0.340. The van der Waals surface area contributed by atoms with E-state index in [1.165, 1.54) is 12.1 Å². The maximum absolute atomic E-state index is 13.2. The van der Waals surface area contributed by atoms with E-state index in [2.05, 4.69) is 0 Å². The second-order valence-corrected chi connectivity index (χ2v) is 5.53. The largest absolute Gasteiger partial charge is 0.492 e. The number of nitrogens with two attached hydrogens (primary N) is 1. The summed E-state index contributed by atoms with van der Waals surface area (Å²) in [6.45, 7) is 4.17. The molecule has 2 aromatic carbocycles. The molecule has 0 bridgehead atoms. The normalized spacial score (nSPS) is 12.3. The second-order valence-electron chi connectivity index (χ2n) is 4.72. The fourth-order valence-corrected chi connectivity index (χ4v) is 2.70. The number of hydrogen-bond acceptors (Lipinski definition) is 2. The highest BCUT2D eigenvalue weighted by atomic mass is 35.5. The molecule has 112 valence electrons. The van der Waals surface area contributed by atoms with Crippen LogP contribution in [0.25, 0.3) is 0 Å². The molecular formula is C16H16Cl2FNO. The second kappa shape index (κ2) is 6.65. The van der Waals surface area contributed by atoms with Crippen LogP contribution in [-0.4, -0.2) is 6.61 Å². The van der Waals surface area contributed by atoms with Crippen LogP contribution in [0.2, 0.25) is 10.0 Å². The molecule has 2 N–H and O–H groups in total. The van der Waals surface area contributed by atoms with Crippen molar-refractivity contribution in [2.24, 2.45) is 5.73 Å². The van der Waals surface area contributed by atoms with Crippen LogP contribution in [0.15, 0.2) is 30.3 Å². The highest BCUT2D eigenvalue weighted by Gasteiger charge is 2.17. The fraction of sp³-hybridized carbons (Fsp3) is 0.250. The summed E-state index contributed by atoms with van der Waals surface area (Å²) in [5.74, 6) is 0.232. The van der Waals surface area contributed by atoms with Gasteiger partial charge in [-0.3, -0.25) is 0 Å². The first kappa shape index (κ1) is 16.1. The van der Waals surface area contributed by atoms with E-state index in [1.807, 2.05) is 13.8 Å². The van der Waals surface area contributed by atoms with Gasteiger partial charge in [-0.05, 0) is 48.7 Å². The standard InChI is InChI=1S/C16H16Cl2FNO/c1-3-21-15-8-13(17)12(7-14(15)18)16(20)11-5-4-10(19)6-9(11)2/h4-8,16H,3,20H2,1-2H3. The molecule has 0 amide bonds. The maximum Gasteiger partial charge on any atom is 0.139 e. The van der Waals surface area contributed by atoms with Crippen LogP contribution in [0.4, 0.5) is 4.39 Å². The van der Waals surface area contributed by atoms with Crippen LogP contribution in [0.3, 0.4) is 0 Å². The molecule has 1 unspecified atom stereocenters.